The molecule has 0 aromatic heterocycles. The maximum atomic E-state index is 12.8. The minimum Gasteiger partial charge on any atom is -0.352 e. The van der Waals surface area contributed by atoms with Gasteiger partial charge in [0.25, 0.3) is 0 Å². The first-order chi connectivity index (χ1) is 13.4. The summed E-state index contributed by atoms with van der Waals surface area (Å²) in [6.07, 6.45) is 5.93. The molecule has 1 N–H and O–H groups in total. The summed E-state index contributed by atoms with van der Waals surface area (Å²) in [7, 11) is -3.47. The summed E-state index contributed by atoms with van der Waals surface area (Å²) in [5.74, 6) is 0.0342. The standard InChI is InChI=1S/C21H31N3O3S/c1-16-5-7-18(8-6-16)28(26,27)24-14-9-17(10-15-24)21(25)22-19-11-13-23-12-3-2-4-20(19)23/h5-8,17,19-20H,2-4,9-15H2,1H3,(H,22,25). The monoisotopic (exact) mass is 405 g/mol. The largest absolute Gasteiger partial charge is 0.352 e. The molecule has 3 aliphatic rings. The lowest BCUT2D eigenvalue weighted by molar-refractivity contribution is -0.127. The van der Waals surface area contributed by atoms with Crippen molar-refractivity contribution in [3.63, 3.8) is 0 Å². The van der Waals surface area contributed by atoms with Gasteiger partial charge in [-0.25, -0.2) is 8.42 Å². The first kappa shape index (κ1) is 19.9. The van der Waals surface area contributed by atoms with Crippen LogP contribution in [0.2, 0.25) is 0 Å². The number of carbonyl (C=O) groups excluding carboxylic acids is 1. The fraction of sp³-hybridized carbons (Fsp3) is 0.667. The number of hydrogen-bond donors (Lipinski definition) is 1. The lowest BCUT2D eigenvalue weighted by Crippen LogP contribution is -2.50. The molecule has 0 radical (unpaired) electrons. The first-order valence-electron chi connectivity index (χ1n) is 10.6. The molecule has 3 fully saturated rings. The van der Waals surface area contributed by atoms with Crippen LogP contribution in [0.25, 0.3) is 0 Å². The number of rotatable bonds is 4. The van der Waals surface area contributed by atoms with Crippen LogP contribution < -0.4 is 5.32 Å². The summed E-state index contributed by atoms with van der Waals surface area (Å²) < 4.78 is 27.2. The van der Waals surface area contributed by atoms with Crippen molar-refractivity contribution in [1.29, 1.82) is 0 Å². The van der Waals surface area contributed by atoms with Crippen LogP contribution in [0.5, 0.6) is 0 Å². The zero-order valence-corrected chi connectivity index (χ0v) is 17.5. The summed E-state index contributed by atoms with van der Waals surface area (Å²) in [4.78, 5) is 15.7. The highest BCUT2D eigenvalue weighted by molar-refractivity contribution is 7.89. The number of sulfonamides is 1. The summed E-state index contributed by atoms with van der Waals surface area (Å²) in [5, 5.41) is 3.29. The molecule has 0 aliphatic carbocycles. The third-order valence-electron chi connectivity index (χ3n) is 6.67. The number of carbonyl (C=O) groups is 1. The smallest absolute Gasteiger partial charge is 0.243 e. The van der Waals surface area contributed by atoms with Gasteiger partial charge in [0, 0.05) is 37.6 Å². The molecule has 2 unspecified atom stereocenters. The number of amides is 1. The topological polar surface area (TPSA) is 69.7 Å². The third kappa shape index (κ3) is 3.98. The second-order valence-corrected chi connectivity index (χ2v) is 10.4. The van der Waals surface area contributed by atoms with Gasteiger partial charge in [0.1, 0.15) is 0 Å². The predicted molar refractivity (Wildman–Crippen MR) is 108 cm³/mol. The Morgan fingerprint density at radius 2 is 1.68 bits per heavy atom. The van der Waals surface area contributed by atoms with Crippen molar-refractivity contribution in [3.8, 4) is 0 Å². The van der Waals surface area contributed by atoms with Gasteiger partial charge in [0.05, 0.1) is 4.90 Å². The molecular formula is C21H31N3O3S. The van der Waals surface area contributed by atoms with E-state index in [4.69, 9.17) is 0 Å². The van der Waals surface area contributed by atoms with Crippen LogP contribution in [0.15, 0.2) is 29.2 Å². The molecule has 3 heterocycles. The summed E-state index contributed by atoms with van der Waals surface area (Å²) in [5.41, 5.74) is 1.04. The highest BCUT2D eigenvalue weighted by Crippen LogP contribution is 2.29. The molecule has 3 saturated heterocycles. The van der Waals surface area contributed by atoms with E-state index in [-0.39, 0.29) is 17.9 Å². The molecule has 28 heavy (non-hydrogen) atoms. The molecule has 4 rings (SSSR count). The Balaban J connectivity index is 1.32. The SMILES string of the molecule is Cc1ccc(S(=O)(=O)N2CCC(C(=O)NC3CCN4CCCCC34)CC2)cc1. The highest BCUT2D eigenvalue weighted by Gasteiger charge is 2.38. The van der Waals surface area contributed by atoms with E-state index in [2.05, 4.69) is 10.2 Å². The van der Waals surface area contributed by atoms with Crippen molar-refractivity contribution in [3.05, 3.63) is 29.8 Å². The molecule has 6 nitrogen and oxygen atoms in total. The van der Waals surface area contributed by atoms with E-state index in [1.165, 1.54) is 23.6 Å². The zero-order valence-electron chi connectivity index (χ0n) is 16.6. The third-order valence-corrected chi connectivity index (χ3v) is 8.58. The van der Waals surface area contributed by atoms with E-state index in [1.807, 2.05) is 19.1 Å². The van der Waals surface area contributed by atoms with Crippen LogP contribution in [-0.4, -0.2) is 61.8 Å². The molecule has 0 bridgehead atoms. The molecule has 7 heteroatoms. The van der Waals surface area contributed by atoms with Crippen LogP contribution >= 0.6 is 0 Å². The van der Waals surface area contributed by atoms with Gasteiger partial charge in [0.15, 0.2) is 0 Å². The number of nitrogens with one attached hydrogen (secondary N) is 1. The van der Waals surface area contributed by atoms with Gasteiger partial charge in [-0.15, -0.1) is 0 Å². The Morgan fingerprint density at radius 1 is 0.964 bits per heavy atom. The lowest BCUT2D eigenvalue weighted by Gasteiger charge is -2.34. The Hall–Kier alpha value is -1.44. The average Bonchev–Trinajstić information content (AvgIpc) is 3.11. The summed E-state index contributed by atoms with van der Waals surface area (Å²) in [6.45, 7) is 5.01. The molecule has 3 aliphatic heterocycles. The maximum Gasteiger partial charge on any atom is 0.243 e. The molecule has 1 aromatic carbocycles. The number of hydrogen-bond acceptors (Lipinski definition) is 4. The van der Waals surface area contributed by atoms with Gasteiger partial charge in [-0.3, -0.25) is 9.69 Å². The number of aryl methyl sites for hydroxylation is 1. The molecule has 1 amide bonds. The Labute approximate surface area is 168 Å². The van der Waals surface area contributed by atoms with Crippen LogP contribution in [-0.2, 0) is 14.8 Å². The lowest BCUT2D eigenvalue weighted by atomic mass is 9.95. The fourth-order valence-electron chi connectivity index (χ4n) is 4.93. The number of piperidine rings is 2. The second kappa shape index (κ2) is 8.13. The summed E-state index contributed by atoms with van der Waals surface area (Å²) in [6, 6.07) is 7.74. The van der Waals surface area contributed by atoms with Gasteiger partial charge < -0.3 is 5.32 Å². The van der Waals surface area contributed by atoms with Crippen LogP contribution in [0.3, 0.4) is 0 Å². The molecule has 154 valence electrons. The van der Waals surface area contributed by atoms with E-state index in [0.29, 0.717) is 36.9 Å². The summed E-state index contributed by atoms with van der Waals surface area (Å²) >= 11 is 0. The maximum absolute atomic E-state index is 12.8. The van der Waals surface area contributed by atoms with E-state index in [0.717, 1.165) is 25.1 Å². The Kier molecular flexibility index (Phi) is 5.76. The van der Waals surface area contributed by atoms with Crippen molar-refractivity contribution >= 4 is 15.9 Å². The van der Waals surface area contributed by atoms with Gasteiger partial charge in [-0.05, 0) is 57.7 Å². The fourth-order valence-corrected chi connectivity index (χ4v) is 6.40. The van der Waals surface area contributed by atoms with E-state index in [1.54, 1.807) is 12.1 Å². The van der Waals surface area contributed by atoms with Crippen molar-refractivity contribution in [2.45, 2.75) is 62.4 Å². The number of fused-ring (bicyclic) bond motifs is 1. The molecule has 0 saturated carbocycles. The van der Waals surface area contributed by atoms with Crippen LogP contribution in [0, 0.1) is 12.8 Å². The van der Waals surface area contributed by atoms with E-state index >= 15 is 0 Å². The van der Waals surface area contributed by atoms with Crippen LogP contribution in [0.4, 0.5) is 0 Å². The number of nitrogens with zero attached hydrogens (tertiary/aromatic N) is 2. The average molecular weight is 406 g/mol. The molecule has 2 atom stereocenters. The number of benzene rings is 1. The van der Waals surface area contributed by atoms with E-state index < -0.39 is 10.0 Å². The minimum absolute atomic E-state index is 0.0814. The normalized spacial score (nSPS) is 27.5. The minimum atomic E-state index is -3.47. The highest BCUT2D eigenvalue weighted by atomic mass is 32.2. The quantitative estimate of drug-likeness (QED) is 0.833. The van der Waals surface area contributed by atoms with Gasteiger partial charge in [-0.1, -0.05) is 24.1 Å². The zero-order chi connectivity index (χ0) is 19.7. The van der Waals surface area contributed by atoms with Crippen molar-refractivity contribution < 1.29 is 13.2 Å². The van der Waals surface area contributed by atoms with Crippen molar-refractivity contribution in [2.75, 3.05) is 26.2 Å². The molecule has 1 aromatic rings. The van der Waals surface area contributed by atoms with E-state index in [9.17, 15) is 13.2 Å². The Morgan fingerprint density at radius 3 is 2.39 bits per heavy atom. The van der Waals surface area contributed by atoms with Gasteiger partial charge >= 0.3 is 0 Å². The Bertz CT molecular complexity index is 801. The molecule has 0 spiro atoms. The van der Waals surface area contributed by atoms with Gasteiger partial charge in [-0.2, -0.15) is 4.31 Å². The van der Waals surface area contributed by atoms with Crippen molar-refractivity contribution in [1.82, 2.24) is 14.5 Å². The molecular weight excluding hydrogens is 374 g/mol. The predicted octanol–water partition coefficient (Wildman–Crippen LogP) is 2.14. The first-order valence-corrected chi connectivity index (χ1v) is 12.0. The second-order valence-electron chi connectivity index (χ2n) is 8.49. The van der Waals surface area contributed by atoms with Crippen molar-refractivity contribution in [2.24, 2.45) is 5.92 Å². The van der Waals surface area contributed by atoms with Crippen LogP contribution in [0.1, 0.15) is 44.1 Å². The van der Waals surface area contributed by atoms with Gasteiger partial charge in [0.2, 0.25) is 15.9 Å².